The topological polar surface area (TPSA) is 23.8 Å². The Kier molecular flexibility index (Phi) is 3.91. The standard InChI is InChI=1S/C14H19N/c1-4-5-6-12-7-9-13(10-8-12)14(2,3)11-15/h7-10H,4-6H2,1-3H3. The third-order valence-corrected chi connectivity index (χ3v) is 2.77. The van der Waals surface area contributed by atoms with Crippen LogP contribution in [0.1, 0.15) is 44.7 Å². The lowest BCUT2D eigenvalue weighted by Gasteiger charge is -2.15. The molecule has 0 amide bonds. The quantitative estimate of drug-likeness (QED) is 0.726. The maximum absolute atomic E-state index is 9.01. The fourth-order valence-corrected chi connectivity index (χ4v) is 1.53. The number of hydrogen-bond acceptors (Lipinski definition) is 1. The monoisotopic (exact) mass is 201 g/mol. The number of nitrogens with zero attached hydrogens (tertiary/aromatic N) is 1. The lowest BCUT2D eigenvalue weighted by atomic mass is 9.86. The Labute approximate surface area is 92.7 Å². The second kappa shape index (κ2) is 4.98. The summed E-state index contributed by atoms with van der Waals surface area (Å²) in [6, 6.07) is 10.8. The summed E-state index contributed by atoms with van der Waals surface area (Å²) in [5.74, 6) is 0. The molecule has 0 aliphatic heterocycles. The first-order chi connectivity index (χ1) is 7.10. The smallest absolute Gasteiger partial charge is 0.0766 e. The van der Waals surface area contributed by atoms with E-state index >= 15 is 0 Å². The predicted molar refractivity (Wildman–Crippen MR) is 63.7 cm³/mol. The van der Waals surface area contributed by atoms with E-state index in [-0.39, 0.29) is 5.41 Å². The fourth-order valence-electron chi connectivity index (χ4n) is 1.53. The first kappa shape index (κ1) is 11.8. The van der Waals surface area contributed by atoms with Crippen molar-refractivity contribution >= 4 is 0 Å². The van der Waals surface area contributed by atoms with Crippen molar-refractivity contribution in [2.75, 3.05) is 0 Å². The van der Waals surface area contributed by atoms with E-state index in [0.29, 0.717) is 0 Å². The van der Waals surface area contributed by atoms with Gasteiger partial charge in [-0.15, -0.1) is 0 Å². The van der Waals surface area contributed by atoms with Crippen molar-refractivity contribution < 1.29 is 0 Å². The van der Waals surface area contributed by atoms with Gasteiger partial charge < -0.3 is 0 Å². The Balaban J connectivity index is 2.77. The Hall–Kier alpha value is -1.29. The van der Waals surface area contributed by atoms with E-state index in [9.17, 15) is 0 Å². The largest absolute Gasteiger partial charge is 0.197 e. The van der Waals surface area contributed by atoms with Crippen molar-refractivity contribution in [1.82, 2.24) is 0 Å². The summed E-state index contributed by atoms with van der Waals surface area (Å²) in [5.41, 5.74) is 2.10. The molecule has 1 nitrogen and oxygen atoms in total. The van der Waals surface area contributed by atoms with Crippen molar-refractivity contribution in [1.29, 1.82) is 5.26 Å². The SMILES string of the molecule is CCCCc1ccc(C(C)(C)C#N)cc1. The van der Waals surface area contributed by atoms with Gasteiger partial charge in [-0.25, -0.2) is 0 Å². The highest BCUT2D eigenvalue weighted by molar-refractivity contribution is 5.32. The lowest BCUT2D eigenvalue weighted by Crippen LogP contribution is -2.13. The molecule has 0 unspecified atom stereocenters. The molecule has 0 atom stereocenters. The van der Waals surface area contributed by atoms with E-state index in [4.69, 9.17) is 5.26 Å². The fraction of sp³-hybridized carbons (Fsp3) is 0.500. The number of nitriles is 1. The number of benzene rings is 1. The minimum Gasteiger partial charge on any atom is -0.197 e. The van der Waals surface area contributed by atoms with E-state index in [2.05, 4.69) is 37.3 Å². The maximum atomic E-state index is 9.01. The molecule has 1 aromatic carbocycles. The highest BCUT2D eigenvalue weighted by Gasteiger charge is 2.18. The van der Waals surface area contributed by atoms with Gasteiger partial charge in [0.1, 0.15) is 0 Å². The van der Waals surface area contributed by atoms with Gasteiger partial charge in [0.05, 0.1) is 11.5 Å². The van der Waals surface area contributed by atoms with Gasteiger partial charge in [0, 0.05) is 0 Å². The number of unbranched alkanes of at least 4 members (excludes halogenated alkanes) is 1. The van der Waals surface area contributed by atoms with E-state index in [1.54, 1.807) is 0 Å². The molecule has 0 heterocycles. The zero-order chi connectivity index (χ0) is 11.3. The molecule has 0 spiro atoms. The van der Waals surface area contributed by atoms with Gasteiger partial charge >= 0.3 is 0 Å². The van der Waals surface area contributed by atoms with Crippen LogP contribution in [-0.4, -0.2) is 0 Å². The van der Waals surface area contributed by atoms with E-state index < -0.39 is 0 Å². The van der Waals surface area contributed by atoms with Crippen LogP contribution in [0.5, 0.6) is 0 Å². The Bertz CT molecular complexity index is 341. The first-order valence-electron chi connectivity index (χ1n) is 5.61. The normalized spacial score (nSPS) is 11.1. The summed E-state index contributed by atoms with van der Waals surface area (Å²) >= 11 is 0. The third-order valence-electron chi connectivity index (χ3n) is 2.77. The summed E-state index contributed by atoms with van der Waals surface area (Å²) < 4.78 is 0. The van der Waals surface area contributed by atoms with Crippen molar-refractivity contribution in [3.63, 3.8) is 0 Å². The highest BCUT2D eigenvalue weighted by atomic mass is 14.3. The van der Waals surface area contributed by atoms with Crippen LogP contribution < -0.4 is 0 Å². The van der Waals surface area contributed by atoms with Crippen LogP contribution in [0.4, 0.5) is 0 Å². The minimum absolute atomic E-state index is 0.372. The number of hydrogen-bond donors (Lipinski definition) is 0. The summed E-state index contributed by atoms with van der Waals surface area (Å²) in [7, 11) is 0. The molecule has 0 radical (unpaired) electrons. The third kappa shape index (κ3) is 3.09. The summed E-state index contributed by atoms with van der Waals surface area (Å²) in [6.07, 6.45) is 3.61. The molecule has 0 N–H and O–H groups in total. The lowest BCUT2D eigenvalue weighted by molar-refractivity contribution is 0.686. The average Bonchev–Trinajstić information content (AvgIpc) is 2.27. The maximum Gasteiger partial charge on any atom is 0.0766 e. The second-order valence-electron chi connectivity index (χ2n) is 4.54. The summed E-state index contributed by atoms with van der Waals surface area (Å²) in [5, 5.41) is 9.01. The van der Waals surface area contributed by atoms with Crippen molar-refractivity contribution in [3.8, 4) is 6.07 Å². The molecule has 0 aromatic heterocycles. The van der Waals surface area contributed by atoms with Crippen LogP contribution in [0.3, 0.4) is 0 Å². The molecule has 1 aromatic rings. The van der Waals surface area contributed by atoms with Crippen molar-refractivity contribution in [2.24, 2.45) is 0 Å². The summed E-state index contributed by atoms with van der Waals surface area (Å²) in [4.78, 5) is 0. The van der Waals surface area contributed by atoms with Crippen molar-refractivity contribution in [3.05, 3.63) is 35.4 Å². The molecule has 0 aliphatic carbocycles. The van der Waals surface area contributed by atoms with E-state index in [0.717, 1.165) is 12.0 Å². The first-order valence-corrected chi connectivity index (χ1v) is 5.61. The second-order valence-corrected chi connectivity index (χ2v) is 4.54. The Morgan fingerprint density at radius 3 is 2.27 bits per heavy atom. The van der Waals surface area contributed by atoms with Gasteiger partial charge in [-0.1, -0.05) is 37.6 Å². The van der Waals surface area contributed by atoms with Gasteiger partial charge in [0.25, 0.3) is 0 Å². The van der Waals surface area contributed by atoms with Crippen LogP contribution in [0.2, 0.25) is 0 Å². The van der Waals surface area contributed by atoms with Gasteiger partial charge in [-0.3, -0.25) is 0 Å². The molecule has 1 rings (SSSR count). The van der Waals surface area contributed by atoms with Gasteiger partial charge in [-0.2, -0.15) is 5.26 Å². The van der Waals surface area contributed by atoms with Crippen LogP contribution in [0.25, 0.3) is 0 Å². The van der Waals surface area contributed by atoms with Crippen LogP contribution >= 0.6 is 0 Å². The molecule has 80 valence electrons. The molecule has 0 saturated heterocycles. The van der Waals surface area contributed by atoms with Crippen LogP contribution in [0, 0.1) is 11.3 Å². The molecule has 0 bridgehead atoms. The predicted octanol–water partition coefficient (Wildman–Crippen LogP) is 3.83. The molecule has 0 saturated carbocycles. The zero-order valence-electron chi connectivity index (χ0n) is 9.88. The molecule has 1 heteroatoms. The van der Waals surface area contributed by atoms with Gasteiger partial charge in [0.2, 0.25) is 0 Å². The average molecular weight is 201 g/mol. The van der Waals surface area contributed by atoms with Crippen LogP contribution in [-0.2, 0) is 11.8 Å². The van der Waals surface area contributed by atoms with E-state index in [1.165, 1.54) is 18.4 Å². The van der Waals surface area contributed by atoms with E-state index in [1.807, 2.05) is 13.8 Å². The Morgan fingerprint density at radius 2 is 1.80 bits per heavy atom. The summed E-state index contributed by atoms with van der Waals surface area (Å²) in [6.45, 7) is 6.11. The minimum atomic E-state index is -0.372. The molecule has 15 heavy (non-hydrogen) atoms. The van der Waals surface area contributed by atoms with Gasteiger partial charge in [-0.05, 0) is 37.8 Å². The number of aryl methyl sites for hydroxylation is 1. The Morgan fingerprint density at radius 1 is 1.20 bits per heavy atom. The molecular weight excluding hydrogens is 182 g/mol. The molecular formula is C14H19N. The molecule has 0 fully saturated rings. The molecule has 0 aliphatic rings. The van der Waals surface area contributed by atoms with Crippen molar-refractivity contribution in [2.45, 2.75) is 45.4 Å². The highest BCUT2D eigenvalue weighted by Crippen LogP contribution is 2.22. The zero-order valence-corrected chi connectivity index (χ0v) is 9.88. The van der Waals surface area contributed by atoms with Crippen LogP contribution in [0.15, 0.2) is 24.3 Å². The van der Waals surface area contributed by atoms with Gasteiger partial charge in [0.15, 0.2) is 0 Å². The number of rotatable bonds is 4.